The summed E-state index contributed by atoms with van der Waals surface area (Å²) in [6.45, 7) is 0. The highest BCUT2D eigenvalue weighted by molar-refractivity contribution is 5.98. The smallest absolute Gasteiger partial charge is 0.305 e. The third-order valence-corrected chi connectivity index (χ3v) is 4.50. The predicted octanol–water partition coefficient (Wildman–Crippen LogP) is 1.71. The minimum Gasteiger partial charge on any atom is -0.481 e. The number of carbonyl (C=O) groups is 3. The molecule has 0 spiro atoms. The second-order valence-corrected chi connectivity index (χ2v) is 6.48. The normalized spacial score (nSPS) is 18.6. The van der Waals surface area contributed by atoms with Gasteiger partial charge in [0.25, 0.3) is 11.8 Å². The first-order chi connectivity index (χ1) is 11.0. The van der Waals surface area contributed by atoms with E-state index in [1.165, 1.54) is 0 Å². The zero-order valence-corrected chi connectivity index (χ0v) is 12.8. The van der Waals surface area contributed by atoms with Crippen molar-refractivity contribution < 1.29 is 19.5 Å². The van der Waals surface area contributed by atoms with Gasteiger partial charge in [0.05, 0.1) is 12.0 Å². The van der Waals surface area contributed by atoms with Gasteiger partial charge < -0.3 is 15.7 Å². The van der Waals surface area contributed by atoms with Crippen LogP contribution >= 0.6 is 0 Å². The highest BCUT2D eigenvalue weighted by atomic mass is 16.4. The van der Waals surface area contributed by atoms with E-state index in [2.05, 4.69) is 10.6 Å². The molecule has 2 fully saturated rings. The van der Waals surface area contributed by atoms with Crippen LogP contribution in [0.1, 0.15) is 59.2 Å². The maximum Gasteiger partial charge on any atom is 0.305 e. The van der Waals surface area contributed by atoms with Gasteiger partial charge in [0.2, 0.25) is 0 Å². The van der Waals surface area contributed by atoms with Crippen molar-refractivity contribution in [1.82, 2.24) is 10.6 Å². The Hall–Kier alpha value is -2.37. The number of carbonyl (C=O) groups excluding carboxylic acids is 2. The average Bonchev–Trinajstić information content (AvgIpc) is 3.28. The lowest BCUT2D eigenvalue weighted by Crippen LogP contribution is -2.54. The molecule has 1 aromatic rings. The molecule has 0 saturated heterocycles. The number of carboxylic acids is 1. The van der Waals surface area contributed by atoms with Gasteiger partial charge in [0.1, 0.15) is 0 Å². The third-order valence-electron chi connectivity index (χ3n) is 4.50. The van der Waals surface area contributed by atoms with Gasteiger partial charge in [0.15, 0.2) is 0 Å². The van der Waals surface area contributed by atoms with Crippen molar-refractivity contribution in [3.8, 4) is 0 Å². The third kappa shape index (κ3) is 3.70. The molecular formula is C17H20N2O4. The Labute approximate surface area is 134 Å². The van der Waals surface area contributed by atoms with Crippen LogP contribution in [-0.2, 0) is 4.79 Å². The van der Waals surface area contributed by atoms with Crippen LogP contribution in [0.25, 0.3) is 0 Å². The molecular weight excluding hydrogens is 296 g/mol. The fourth-order valence-electron chi connectivity index (χ4n) is 2.82. The number of benzene rings is 1. The van der Waals surface area contributed by atoms with E-state index in [1.54, 1.807) is 24.3 Å². The minimum absolute atomic E-state index is 0.0549. The SMILES string of the molecule is O=C(O)CC1(NC(=O)c2ccc(C(=O)NC3CC3)cc2)CCC1. The summed E-state index contributed by atoms with van der Waals surface area (Å²) < 4.78 is 0. The summed E-state index contributed by atoms with van der Waals surface area (Å²) in [6, 6.07) is 6.74. The van der Waals surface area contributed by atoms with Gasteiger partial charge >= 0.3 is 5.97 Å². The van der Waals surface area contributed by atoms with Crippen molar-refractivity contribution in [3.63, 3.8) is 0 Å². The quantitative estimate of drug-likeness (QED) is 0.744. The first-order valence-electron chi connectivity index (χ1n) is 7.93. The van der Waals surface area contributed by atoms with Crippen molar-refractivity contribution in [2.75, 3.05) is 0 Å². The summed E-state index contributed by atoms with van der Waals surface area (Å²) in [5.74, 6) is -1.32. The van der Waals surface area contributed by atoms with Crippen molar-refractivity contribution in [1.29, 1.82) is 0 Å². The van der Waals surface area contributed by atoms with Crippen molar-refractivity contribution in [3.05, 3.63) is 35.4 Å². The van der Waals surface area contributed by atoms with Crippen molar-refractivity contribution in [2.24, 2.45) is 0 Å². The van der Waals surface area contributed by atoms with Crippen LogP contribution in [0.15, 0.2) is 24.3 Å². The standard InChI is InChI=1S/C17H20N2O4/c20-14(21)10-17(8-1-9-17)19-16(23)12-4-2-11(3-5-12)15(22)18-13-6-7-13/h2-5,13H,1,6-10H2,(H,18,22)(H,19,23)(H,20,21). The van der Waals surface area contributed by atoms with Crippen LogP contribution in [0.5, 0.6) is 0 Å². The number of amides is 2. The maximum atomic E-state index is 12.3. The Balaban J connectivity index is 1.63. The number of rotatable bonds is 6. The molecule has 6 nitrogen and oxygen atoms in total. The molecule has 0 atom stereocenters. The second-order valence-electron chi connectivity index (χ2n) is 6.48. The van der Waals surface area contributed by atoms with Gasteiger partial charge in [-0.15, -0.1) is 0 Å². The minimum atomic E-state index is -0.905. The van der Waals surface area contributed by atoms with Gasteiger partial charge in [-0.2, -0.15) is 0 Å². The van der Waals surface area contributed by atoms with Crippen LogP contribution < -0.4 is 10.6 Å². The van der Waals surface area contributed by atoms with Crippen molar-refractivity contribution in [2.45, 2.75) is 50.1 Å². The molecule has 0 aliphatic heterocycles. The highest BCUT2D eigenvalue weighted by Gasteiger charge is 2.40. The predicted molar refractivity (Wildman–Crippen MR) is 83.2 cm³/mol. The first-order valence-corrected chi connectivity index (χ1v) is 7.93. The van der Waals surface area contributed by atoms with Crippen LogP contribution in [0.4, 0.5) is 0 Å². The van der Waals surface area contributed by atoms with Gasteiger partial charge in [-0.1, -0.05) is 0 Å². The lowest BCUT2D eigenvalue weighted by molar-refractivity contribution is -0.139. The van der Waals surface area contributed by atoms with Gasteiger partial charge in [-0.3, -0.25) is 14.4 Å². The second kappa shape index (κ2) is 6.02. The molecule has 6 heteroatoms. The topological polar surface area (TPSA) is 95.5 Å². The molecule has 2 saturated carbocycles. The first kappa shape index (κ1) is 15.5. The number of nitrogens with one attached hydrogen (secondary N) is 2. The van der Waals surface area contributed by atoms with E-state index >= 15 is 0 Å². The van der Waals surface area contributed by atoms with Crippen LogP contribution in [0.3, 0.4) is 0 Å². The maximum absolute atomic E-state index is 12.3. The number of hydrogen-bond acceptors (Lipinski definition) is 3. The monoisotopic (exact) mass is 316 g/mol. The fourth-order valence-corrected chi connectivity index (χ4v) is 2.82. The molecule has 3 rings (SSSR count). The number of aliphatic carboxylic acids is 1. The lowest BCUT2D eigenvalue weighted by atomic mass is 9.74. The molecule has 23 heavy (non-hydrogen) atoms. The molecule has 2 aliphatic carbocycles. The lowest BCUT2D eigenvalue weighted by Gasteiger charge is -2.41. The molecule has 0 aromatic heterocycles. The number of carboxylic acid groups (broad SMARTS) is 1. The zero-order valence-electron chi connectivity index (χ0n) is 12.8. The van der Waals surface area contributed by atoms with Gasteiger partial charge in [-0.05, 0) is 56.4 Å². The highest BCUT2D eigenvalue weighted by Crippen LogP contribution is 2.35. The zero-order chi connectivity index (χ0) is 16.4. The van der Waals surface area contributed by atoms with E-state index in [1.807, 2.05) is 0 Å². The van der Waals surface area contributed by atoms with E-state index in [0.717, 1.165) is 19.3 Å². The van der Waals surface area contributed by atoms with Crippen LogP contribution in [0.2, 0.25) is 0 Å². The Morgan fingerprint density at radius 3 is 2.04 bits per heavy atom. The average molecular weight is 316 g/mol. The van der Waals surface area contributed by atoms with Crippen LogP contribution in [-0.4, -0.2) is 34.5 Å². The van der Waals surface area contributed by atoms with Crippen molar-refractivity contribution >= 4 is 17.8 Å². The molecule has 2 aliphatic rings. The van der Waals surface area contributed by atoms with Gasteiger partial charge in [0, 0.05) is 17.2 Å². The summed E-state index contributed by atoms with van der Waals surface area (Å²) in [7, 11) is 0. The summed E-state index contributed by atoms with van der Waals surface area (Å²) in [5, 5.41) is 14.7. The molecule has 1 aromatic carbocycles. The molecule has 0 radical (unpaired) electrons. The molecule has 2 amide bonds. The van der Waals surface area contributed by atoms with Crippen LogP contribution in [0, 0.1) is 0 Å². The molecule has 3 N–H and O–H groups in total. The summed E-state index contributed by atoms with van der Waals surface area (Å²) in [6.07, 6.45) is 4.30. The van der Waals surface area contributed by atoms with E-state index in [0.29, 0.717) is 30.0 Å². The van der Waals surface area contributed by atoms with E-state index in [-0.39, 0.29) is 18.2 Å². The summed E-state index contributed by atoms with van der Waals surface area (Å²) in [5.41, 5.74) is 0.340. The number of hydrogen-bond donors (Lipinski definition) is 3. The molecule has 0 bridgehead atoms. The summed E-state index contributed by atoms with van der Waals surface area (Å²) >= 11 is 0. The Morgan fingerprint density at radius 1 is 1.04 bits per heavy atom. The molecule has 122 valence electrons. The van der Waals surface area contributed by atoms with E-state index in [9.17, 15) is 14.4 Å². The van der Waals surface area contributed by atoms with Gasteiger partial charge in [-0.25, -0.2) is 0 Å². The Kier molecular flexibility index (Phi) is 4.07. The Bertz CT molecular complexity index is 630. The molecule has 0 unspecified atom stereocenters. The molecule has 0 heterocycles. The Morgan fingerprint density at radius 2 is 1.61 bits per heavy atom. The summed E-state index contributed by atoms with van der Waals surface area (Å²) in [4.78, 5) is 35.1. The largest absolute Gasteiger partial charge is 0.481 e. The van der Waals surface area contributed by atoms with E-state index < -0.39 is 11.5 Å². The van der Waals surface area contributed by atoms with E-state index in [4.69, 9.17) is 5.11 Å². The fraction of sp³-hybridized carbons (Fsp3) is 0.471.